The fraction of sp³-hybridized carbons (Fsp3) is 0.231. The lowest BCUT2D eigenvalue weighted by Crippen LogP contribution is -2.49. The summed E-state index contributed by atoms with van der Waals surface area (Å²) in [6.07, 6.45) is 1.15. The van der Waals surface area contributed by atoms with Gasteiger partial charge in [-0.1, -0.05) is 65.7 Å². The Balaban J connectivity index is 1.78. The molecule has 7 nitrogen and oxygen atoms in total. The van der Waals surface area contributed by atoms with Crippen LogP contribution in [-0.4, -0.2) is 24.1 Å². The average Bonchev–Trinajstić information content (AvgIpc) is 2.88. The Morgan fingerprint density at radius 1 is 1.09 bits per heavy atom. The number of nitrogens with zero attached hydrogens (tertiary/aromatic N) is 4. The van der Waals surface area contributed by atoms with Crippen LogP contribution in [0.5, 0.6) is 0 Å². The van der Waals surface area contributed by atoms with E-state index in [1.54, 1.807) is 24.3 Å². The van der Waals surface area contributed by atoms with E-state index in [9.17, 15) is 20.6 Å². The molecule has 1 aliphatic heterocycles. The van der Waals surface area contributed by atoms with Crippen LogP contribution in [0.4, 0.5) is 4.79 Å². The molecule has 9 heteroatoms. The van der Waals surface area contributed by atoms with E-state index in [1.807, 2.05) is 42.5 Å². The molecule has 2 N–H and O–H groups in total. The van der Waals surface area contributed by atoms with Crippen molar-refractivity contribution in [2.24, 2.45) is 17.1 Å². The van der Waals surface area contributed by atoms with E-state index < -0.39 is 23.3 Å². The number of ether oxygens (including phenoxy) is 1. The molecule has 174 valence electrons. The molecule has 4 rings (SSSR count). The SMILES string of the molecule is N#CC1=C(N)C(C#N)(C#N)[C@H](c2c(Cl)cccc2Cl)[C@H]2CN(C(=O)OCc3ccccc3)CC=C12. The van der Waals surface area contributed by atoms with E-state index in [0.29, 0.717) is 11.1 Å². The fourth-order valence-corrected chi connectivity index (χ4v) is 5.39. The third-order valence-electron chi connectivity index (χ3n) is 6.44. The molecule has 0 unspecified atom stereocenters. The van der Waals surface area contributed by atoms with Crippen LogP contribution >= 0.6 is 23.2 Å². The zero-order valence-electron chi connectivity index (χ0n) is 18.4. The summed E-state index contributed by atoms with van der Waals surface area (Å²) in [4.78, 5) is 14.4. The Bertz CT molecular complexity index is 1330. The molecule has 0 fully saturated rings. The van der Waals surface area contributed by atoms with Crippen molar-refractivity contribution in [3.63, 3.8) is 0 Å². The van der Waals surface area contributed by atoms with Crippen molar-refractivity contribution in [1.29, 1.82) is 15.8 Å². The van der Waals surface area contributed by atoms with Gasteiger partial charge in [-0.25, -0.2) is 4.79 Å². The number of halogens is 2. The Labute approximate surface area is 212 Å². The van der Waals surface area contributed by atoms with Crippen molar-refractivity contribution >= 4 is 29.3 Å². The van der Waals surface area contributed by atoms with Gasteiger partial charge in [0, 0.05) is 35.0 Å². The molecule has 1 heterocycles. The van der Waals surface area contributed by atoms with Crippen LogP contribution < -0.4 is 5.73 Å². The average molecular weight is 504 g/mol. The van der Waals surface area contributed by atoms with Crippen LogP contribution in [0.3, 0.4) is 0 Å². The molecule has 1 amide bonds. The van der Waals surface area contributed by atoms with E-state index in [0.717, 1.165) is 5.56 Å². The first-order valence-electron chi connectivity index (χ1n) is 10.7. The summed E-state index contributed by atoms with van der Waals surface area (Å²) in [6.45, 7) is 0.343. The summed E-state index contributed by atoms with van der Waals surface area (Å²) in [5, 5.41) is 30.8. The minimum absolute atomic E-state index is 0.0647. The number of carbonyl (C=O) groups is 1. The number of fused-ring (bicyclic) bond motifs is 1. The number of allylic oxidation sites excluding steroid dienone is 2. The van der Waals surface area contributed by atoms with Gasteiger partial charge in [0.2, 0.25) is 0 Å². The quantitative estimate of drug-likeness (QED) is 0.623. The maximum absolute atomic E-state index is 12.9. The predicted molar refractivity (Wildman–Crippen MR) is 129 cm³/mol. The first-order valence-corrected chi connectivity index (χ1v) is 11.5. The molecule has 0 spiro atoms. The second kappa shape index (κ2) is 9.72. The summed E-state index contributed by atoms with van der Waals surface area (Å²) in [7, 11) is 0. The van der Waals surface area contributed by atoms with Crippen LogP contribution in [-0.2, 0) is 11.3 Å². The van der Waals surface area contributed by atoms with Gasteiger partial charge in [0.05, 0.1) is 23.4 Å². The second-order valence-electron chi connectivity index (χ2n) is 8.26. The van der Waals surface area contributed by atoms with E-state index in [-0.39, 0.29) is 41.0 Å². The third kappa shape index (κ3) is 4.08. The van der Waals surface area contributed by atoms with Gasteiger partial charge in [0.15, 0.2) is 5.41 Å². The highest BCUT2D eigenvalue weighted by Gasteiger charge is 2.55. The Morgan fingerprint density at radius 2 is 1.74 bits per heavy atom. The summed E-state index contributed by atoms with van der Waals surface area (Å²) in [6, 6.07) is 20.3. The van der Waals surface area contributed by atoms with Crippen LogP contribution in [0.25, 0.3) is 0 Å². The van der Waals surface area contributed by atoms with Crippen molar-refractivity contribution in [3.05, 3.63) is 92.6 Å². The molecule has 0 aromatic heterocycles. The number of nitriles is 3. The van der Waals surface area contributed by atoms with Crippen molar-refractivity contribution in [3.8, 4) is 18.2 Å². The molecule has 0 saturated heterocycles. The molecule has 1 aliphatic carbocycles. The van der Waals surface area contributed by atoms with Gasteiger partial charge in [-0.2, -0.15) is 15.8 Å². The Hall–Kier alpha value is -3.96. The molecule has 2 aromatic carbocycles. The summed E-state index contributed by atoms with van der Waals surface area (Å²) in [5.74, 6) is -1.57. The minimum atomic E-state index is -1.92. The molecule has 2 aliphatic rings. The maximum atomic E-state index is 12.9. The highest BCUT2D eigenvalue weighted by molar-refractivity contribution is 6.36. The van der Waals surface area contributed by atoms with Crippen molar-refractivity contribution in [1.82, 2.24) is 4.90 Å². The highest BCUT2D eigenvalue weighted by atomic mass is 35.5. The molecular weight excluding hydrogens is 485 g/mol. The van der Waals surface area contributed by atoms with Gasteiger partial charge in [0.1, 0.15) is 12.7 Å². The van der Waals surface area contributed by atoms with Crippen molar-refractivity contribution in [2.75, 3.05) is 13.1 Å². The number of hydrogen-bond acceptors (Lipinski definition) is 6. The van der Waals surface area contributed by atoms with Crippen molar-refractivity contribution in [2.45, 2.75) is 12.5 Å². The zero-order chi connectivity index (χ0) is 25.2. The Kier molecular flexibility index (Phi) is 6.72. The molecule has 0 radical (unpaired) electrons. The first-order chi connectivity index (χ1) is 16.9. The van der Waals surface area contributed by atoms with E-state index in [4.69, 9.17) is 33.7 Å². The van der Waals surface area contributed by atoms with Gasteiger partial charge in [-0.15, -0.1) is 0 Å². The minimum Gasteiger partial charge on any atom is -0.445 e. The van der Waals surface area contributed by atoms with E-state index in [1.165, 1.54) is 4.90 Å². The first kappa shape index (κ1) is 24.2. The number of amides is 1. The fourth-order valence-electron chi connectivity index (χ4n) is 4.76. The largest absolute Gasteiger partial charge is 0.445 e. The molecule has 2 aromatic rings. The maximum Gasteiger partial charge on any atom is 0.410 e. The lowest BCUT2D eigenvalue weighted by molar-refractivity contribution is 0.0899. The van der Waals surface area contributed by atoms with Crippen LogP contribution in [0, 0.1) is 45.3 Å². The predicted octanol–water partition coefficient (Wildman–Crippen LogP) is 5.06. The summed E-state index contributed by atoms with van der Waals surface area (Å²) in [5.41, 5.74) is 6.07. The van der Waals surface area contributed by atoms with Crippen LogP contribution in [0.2, 0.25) is 10.0 Å². The second-order valence-corrected chi connectivity index (χ2v) is 9.07. The smallest absolute Gasteiger partial charge is 0.410 e. The van der Waals surface area contributed by atoms with Gasteiger partial charge in [0.25, 0.3) is 0 Å². The lowest BCUT2D eigenvalue weighted by atomic mass is 9.58. The Morgan fingerprint density at radius 3 is 2.34 bits per heavy atom. The number of nitrogens with two attached hydrogens (primary N) is 1. The summed E-state index contributed by atoms with van der Waals surface area (Å²) < 4.78 is 5.49. The monoisotopic (exact) mass is 503 g/mol. The van der Waals surface area contributed by atoms with Gasteiger partial charge >= 0.3 is 6.09 Å². The van der Waals surface area contributed by atoms with E-state index in [2.05, 4.69) is 6.07 Å². The molecule has 0 saturated carbocycles. The molecule has 0 bridgehead atoms. The normalized spacial score (nSPS) is 20.5. The van der Waals surface area contributed by atoms with Gasteiger partial charge < -0.3 is 15.4 Å². The molecular formula is C26H19Cl2N5O2. The van der Waals surface area contributed by atoms with Gasteiger partial charge in [-0.05, 0) is 28.8 Å². The molecule has 2 atom stereocenters. The number of rotatable bonds is 3. The third-order valence-corrected chi connectivity index (χ3v) is 7.10. The van der Waals surface area contributed by atoms with Gasteiger partial charge in [-0.3, -0.25) is 0 Å². The molecule has 35 heavy (non-hydrogen) atoms. The highest BCUT2D eigenvalue weighted by Crippen LogP contribution is 2.56. The van der Waals surface area contributed by atoms with Crippen LogP contribution in [0.1, 0.15) is 17.0 Å². The van der Waals surface area contributed by atoms with E-state index >= 15 is 0 Å². The lowest BCUT2D eigenvalue weighted by Gasteiger charge is -2.45. The number of benzene rings is 2. The van der Waals surface area contributed by atoms with Crippen LogP contribution in [0.15, 0.2) is 71.5 Å². The standard InChI is InChI=1S/C26H19Cl2N5O2/c27-20-7-4-8-21(28)22(20)23-19-12-33(25(34)35-13-16-5-2-1-3-6-16)10-9-17(19)18(11-29)24(32)26(23,14-30)15-31/h1-9,19,23H,10,12-13,32H2/t19-,23-/m0/s1. The zero-order valence-corrected chi connectivity index (χ0v) is 19.9. The van der Waals surface area contributed by atoms with Crippen molar-refractivity contribution < 1.29 is 9.53 Å². The number of carbonyl (C=O) groups excluding carboxylic acids is 1. The summed E-state index contributed by atoms with van der Waals surface area (Å²) >= 11 is 13.0. The topological polar surface area (TPSA) is 127 Å². The number of hydrogen-bond donors (Lipinski definition) is 1.